The summed E-state index contributed by atoms with van der Waals surface area (Å²) in [6.07, 6.45) is 1.77. The second kappa shape index (κ2) is 5.48. The Kier molecular flexibility index (Phi) is 6.79. The molecule has 0 radical (unpaired) electrons. The molecule has 0 aliphatic heterocycles. The molecule has 0 rings (SSSR count). The maximum Gasteiger partial charge on any atom is 0.0645 e. The van der Waals surface area contributed by atoms with Gasteiger partial charge in [-0.05, 0) is 5.41 Å². The Balaban J connectivity index is 0. The number of ether oxygens (including phenoxy) is 1. The molecule has 1 heteroatoms. The highest BCUT2D eigenvalue weighted by Crippen LogP contribution is 2.12. The molecule has 10 heavy (non-hydrogen) atoms. The number of hydrogen-bond acceptors (Lipinski definition) is 1. The lowest BCUT2D eigenvalue weighted by atomic mass is 9.99. The largest absolute Gasteiger partial charge is 0.377 e. The number of rotatable bonds is 3. The zero-order chi connectivity index (χ0) is 7.33. The molecular formula is C9H20O. The van der Waals surface area contributed by atoms with Crippen LogP contribution in [0.4, 0.5) is 0 Å². The van der Waals surface area contributed by atoms with Crippen molar-refractivity contribution < 1.29 is 4.74 Å². The maximum absolute atomic E-state index is 5.23. The van der Waals surface area contributed by atoms with Crippen LogP contribution in [0, 0.1) is 5.41 Å². The Morgan fingerprint density at radius 1 is 1.40 bits per heavy atom. The molecule has 0 saturated heterocycles. The summed E-state index contributed by atoms with van der Waals surface area (Å²) in [6, 6.07) is 0. The van der Waals surface area contributed by atoms with Crippen molar-refractivity contribution in [1.82, 2.24) is 0 Å². The van der Waals surface area contributed by atoms with Gasteiger partial charge in [0.25, 0.3) is 0 Å². The van der Waals surface area contributed by atoms with Crippen LogP contribution in [0.25, 0.3) is 0 Å². The fraction of sp³-hybridized carbons (Fsp3) is 0.778. The van der Waals surface area contributed by atoms with E-state index >= 15 is 0 Å². The van der Waals surface area contributed by atoms with Crippen LogP contribution < -0.4 is 0 Å². The Hall–Kier alpha value is -0.300. The molecule has 0 unspecified atom stereocenters. The zero-order valence-corrected chi connectivity index (χ0v) is 6.61. The van der Waals surface area contributed by atoms with E-state index < -0.39 is 0 Å². The van der Waals surface area contributed by atoms with E-state index in [9.17, 15) is 0 Å². The summed E-state index contributed by atoms with van der Waals surface area (Å²) in [7, 11) is 0. The summed E-state index contributed by atoms with van der Waals surface area (Å²) < 4.78 is 5.23. The van der Waals surface area contributed by atoms with Crippen molar-refractivity contribution in [3.63, 3.8) is 0 Å². The van der Waals surface area contributed by atoms with Crippen molar-refractivity contribution >= 4 is 0 Å². The average Bonchev–Trinajstić information content (AvgIpc) is 1.63. The second-order valence-electron chi connectivity index (χ2n) is 3.36. The van der Waals surface area contributed by atoms with Gasteiger partial charge < -0.3 is 4.74 Å². The smallest absolute Gasteiger partial charge is 0.0645 e. The van der Waals surface area contributed by atoms with E-state index in [0.29, 0.717) is 6.61 Å². The first-order valence-electron chi connectivity index (χ1n) is 3.25. The maximum atomic E-state index is 5.23. The van der Waals surface area contributed by atoms with Crippen LogP contribution in [0.2, 0.25) is 0 Å². The van der Waals surface area contributed by atoms with Gasteiger partial charge in [-0.1, -0.05) is 34.3 Å². The van der Waals surface area contributed by atoms with E-state index in [1.807, 2.05) is 0 Å². The van der Waals surface area contributed by atoms with Gasteiger partial charge in [0.1, 0.15) is 0 Å². The summed E-state index contributed by atoms with van der Waals surface area (Å²) in [5.41, 5.74) is 0.281. The third kappa shape index (κ3) is 10.6. The summed E-state index contributed by atoms with van der Waals surface area (Å²) >= 11 is 0. The van der Waals surface area contributed by atoms with Crippen LogP contribution in [0.1, 0.15) is 28.2 Å². The Labute approximate surface area is 65.1 Å². The highest BCUT2D eigenvalue weighted by molar-refractivity contribution is 4.66. The molecule has 0 fully saturated rings. The van der Waals surface area contributed by atoms with E-state index in [2.05, 4.69) is 27.4 Å². The topological polar surface area (TPSA) is 9.23 Å². The molecule has 0 aromatic rings. The minimum atomic E-state index is 0. The Morgan fingerprint density at radius 2 is 1.90 bits per heavy atom. The van der Waals surface area contributed by atoms with Crippen molar-refractivity contribution in [3.8, 4) is 0 Å². The van der Waals surface area contributed by atoms with Crippen molar-refractivity contribution in [3.05, 3.63) is 12.7 Å². The van der Waals surface area contributed by atoms with Crippen molar-refractivity contribution in [2.45, 2.75) is 28.2 Å². The lowest BCUT2D eigenvalue weighted by molar-refractivity contribution is 0.0911. The van der Waals surface area contributed by atoms with Crippen LogP contribution in [0.5, 0.6) is 0 Å². The van der Waals surface area contributed by atoms with E-state index in [-0.39, 0.29) is 12.8 Å². The van der Waals surface area contributed by atoms with Crippen molar-refractivity contribution in [1.29, 1.82) is 0 Å². The quantitative estimate of drug-likeness (QED) is 0.437. The van der Waals surface area contributed by atoms with Gasteiger partial charge in [-0.3, -0.25) is 0 Å². The van der Waals surface area contributed by atoms with E-state index in [1.165, 1.54) is 0 Å². The van der Waals surface area contributed by atoms with Gasteiger partial charge in [-0.2, -0.15) is 0 Å². The molecule has 1 nitrogen and oxygen atoms in total. The van der Waals surface area contributed by atoms with Crippen LogP contribution in [-0.2, 0) is 4.74 Å². The molecule has 0 aliphatic carbocycles. The molecule has 62 valence electrons. The highest BCUT2D eigenvalue weighted by Gasteiger charge is 2.08. The molecule has 0 heterocycles. The molecule has 0 aromatic carbocycles. The van der Waals surface area contributed by atoms with Crippen molar-refractivity contribution in [2.24, 2.45) is 5.41 Å². The Morgan fingerprint density at radius 3 is 2.20 bits per heavy atom. The second-order valence-corrected chi connectivity index (χ2v) is 3.36. The zero-order valence-electron chi connectivity index (χ0n) is 6.61. The van der Waals surface area contributed by atoms with Gasteiger partial charge in [0.15, 0.2) is 0 Å². The average molecular weight is 144 g/mol. The molecule has 0 atom stereocenters. The molecule has 0 bridgehead atoms. The first kappa shape index (κ1) is 12.4. The first-order chi connectivity index (χ1) is 4.06. The van der Waals surface area contributed by atoms with Crippen LogP contribution in [0.3, 0.4) is 0 Å². The molecule has 0 spiro atoms. The lowest BCUT2D eigenvalue weighted by Crippen LogP contribution is -2.14. The molecule has 0 aliphatic rings. The summed E-state index contributed by atoms with van der Waals surface area (Å²) in [5.74, 6) is 0. The number of hydrogen-bond donors (Lipinski definition) is 0. The molecular weight excluding hydrogens is 124 g/mol. The summed E-state index contributed by atoms with van der Waals surface area (Å²) in [5, 5.41) is 0. The first-order valence-corrected chi connectivity index (χ1v) is 3.25. The van der Waals surface area contributed by atoms with Gasteiger partial charge in [0.05, 0.1) is 13.2 Å². The molecule has 0 amide bonds. The fourth-order valence-electron chi connectivity index (χ4n) is 0.448. The monoisotopic (exact) mass is 144 g/mol. The van der Waals surface area contributed by atoms with E-state index in [0.717, 1.165) is 6.61 Å². The highest BCUT2D eigenvalue weighted by atomic mass is 16.5. The fourth-order valence-corrected chi connectivity index (χ4v) is 0.448. The summed E-state index contributed by atoms with van der Waals surface area (Å²) in [6.45, 7) is 11.5. The van der Waals surface area contributed by atoms with Crippen molar-refractivity contribution in [2.75, 3.05) is 13.2 Å². The third-order valence-electron chi connectivity index (χ3n) is 0.771. The predicted molar refractivity (Wildman–Crippen MR) is 47.2 cm³/mol. The minimum absolute atomic E-state index is 0. The molecule has 0 saturated carbocycles. The Bertz CT molecular complexity index is 79.2. The van der Waals surface area contributed by atoms with Crippen LogP contribution in [0.15, 0.2) is 12.7 Å². The van der Waals surface area contributed by atoms with E-state index in [1.54, 1.807) is 6.08 Å². The normalized spacial score (nSPS) is 10.3. The molecule has 0 N–H and O–H groups in total. The van der Waals surface area contributed by atoms with Gasteiger partial charge >= 0.3 is 0 Å². The van der Waals surface area contributed by atoms with Gasteiger partial charge in [-0.15, -0.1) is 6.58 Å². The molecule has 0 aromatic heterocycles. The predicted octanol–water partition coefficient (Wildman–Crippen LogP) is 2.87. The lowest BCUT2D eigenvalue weighted by Gasteiger charge is -2.16. The van der Waals surface area contributed by atoms with E-state index in [4.69, 9.17) is 4.74 Å². The minimum Gasteiger partial charge on any atom is -0.377 e. The SMILES string of the molecule is C.C=CCOCC(C)(C)C. The van der Waals surface area contributed by atoms with Crippen LogP contribution >= 0.6 is 0 Å². The van der Waals surface area contributed by atoms with Gasteiger partial charge in [0, 0.05) is 0 Å². The van der Waals surface area contributed by atoms with Crippen LogP contribution in [-0.4, -0.2) is 13.2 Å². The summed E-state index contributed by atoms with van der Waals surface area (Å²) in [4.78, 5) is 0. The van der Waals surface area contributed by atoms with Gasteiger partial charge in [-0.25, -0.2) is 0 Å². The van der Waals surface area contributed by atoms with Gasteiger partial charge in [0.2, 0.25) is 0 Å². The standard InChI is InChI=1S/C8H16O.CH4/c1-5-6-9-7-8(2,3)4;/h5H,1,6-7H2,2-4H3;1H4. The third-order valence-corrected chi connectivity index (χ3v) is 0.771.